The summed E-state index contributed by atoms with van der Waals surface area (Å²) in [6, 6.07) is 10.2. The minimum absolute atomic E-state index is 0.209. The smallest absolute Gasteiger partial charge is 0.141 e. The van der Waals surface area contributed by atoms with Crippen molar-refractivity contribution in [1.82, 2.24) is 19.4 Å². The second-order valence-corrected chi connectivity index (χ2v) is 8.57. The summed E-state index contributed by atoms with van der Waals surface area (Å²) in [6.07, 6.45) is 7.00. The summed E-state index contributed by atoms with van der Waals surface area (Å²) in [6.45, 7) is 2.57. The number of imidazole rings is 1. The number of aliphatic hydroxyl groups is 1. The van der Waals surface area contributed by atoms with Crippen LogP contribution in [-0.4, -0.2) is 44.7 Å². The number of ether oxygens (including phenoxy) is 1. The number of fused-ring (bicyclic) bond motifs is 3. The van der Waals surface area contributed by atoms with Crippen molar-refractivity contribution < 1.29 is 9.84 Å². The van der Waals surface area contributed by atoms with Crippen molar-refractivity contribution in [3.8, 4) is 5.75 Å². The summed E-state index contributed by atoms with van der Waals surface area (Å²) in [5.74, 6) is 2.09. The molecule has 1 saturated heterocycles. The Balaban J connectivity index is 1.38. The summed E-state index contributed by atoms with van der Waals surface area (Å²) in [5.41, 5.74) is 1.24. The van der Waals surface area contributed by atoms with Crippen LogP contribution in [0.2, 0.25) is 0 Å². The van der Waals surface area contributed by atoms with Gasteiger partial charge in [-0.25, -0.2) is 4.98 Å². The third kappa shape index (κ3) is 3.11. The number of hydrogen-bond donors (Lipinski definition) is 1. The molecular weight excluding hydrogens is 364 g/mol. The largest absolute Gasteiger partial charge is 0.497 e. The number of aromatic nitrogens is 3. The average Bonchev–Trinajstić information content (AvgIpc) is 3.15. The Hall–Kier alpha value is -2.44. The SMILES string of the molecule is COc1ccc2nc(CN3C[C@@H]4CCC[C@@H](C3)C4(O)c3nccn3C)ccc2c1. The lowest BCUT2D eigenvalue weighted by Crippen LogP contribution is -2.58. The lowest BCUT2D eigenvalue weighted by atomic mass is 9.65. The minimum Gasteiger partial charge on any atom is -0.497 e. The molecule has 1 aliphatic heterocycles. The van der Waals surface area contributed by atoms with Crippen LogP contribution in [0.5, 0.6) is 5.75 Å². The van der Waals surface area contributed by atoms with Crippen LogP contribution in [0.25, 0.3) is 10.9 Å². The zero-order valence-electron chi connectivity index (χ0n) is 17.1. The molecule has 1 N–H and O–H groups in total. The standard InChI is InChI=1S/C23H28N4O2/c1-26-11-10-24-22(26)23(28)17-4-3-5-18(23)14-27(13-17)15-19-7-6-16-12-20(29-2)8-9-21(16)25-19/h6-12,17-18,28H,3-5,13-15H2,1-2H3/t17-,18-/m0/s1. The maximum atomic E-state index is 11.7. The van der Waals surface area contributed by atoms with Crippen molar-refractivity contribution in [1.29, 1.82) is 0 Å². The van der Waals surface area contributed by atoms with Gasteiger partial charge in [-0.3, -0.25) is 9.88 Å². The third-order valence-electron chi connectivity index (χ3n) is 6.83. The molecule has 6 nitrogen and oxygen atoms in total. The van der Waals surface area contributed by atoms with E-state index in [4.69, 9.17) is 9.72 Å². The van der Waals surface area contributed by atoms with E-state index in [1.54, 1.807) is 13.3 Å². The van der Waals surface area contributed by atoms with Crippen LogP contribution in [0.15, 0.2) is 42.7 Å². The lowest BCUT2D eigenvalue weighted by Gasteiger charge is -2.52. The molecule has 6 heteroatoms. The van der Waals surface area contributed by atoms with E-state index in [0.29, 0.717) is 0 Å². The Morgan fingerprint density at radius 1 is 1.17 bits per heavy atom. The summed E-state index contributed by atoms with van der Waals surface area (Å²) < 4.78 is 7.29. The molecule has 0 amide bonds. The van der Waals surface area contributed by atoms with Crippen LogP contribution in [-0.2, 0) is 19.2 Å². The van der Waals surface area contributed by atoms with E-state index in [2.05, 4.69) is 22.0 Å². The minimum atomic E-state index is -0.819. The van der Waals surface area contributed by atoms with E-state index in [9.17, 15) is 5.11 Å². The van der Waals surface area contributed by atoms with Crippen LogP contribution < -0.4 is 4.74 Å². The number of rotatable bonds is 4. The lowest BCUT2D eigenvalue weighted by molar-refractivity contribution is -0.155. The monoisotopic (exact) mass is 392 g/mol. The van der Waals surface area contributed by atoms with Crippen molar-refractivity contribution in [2.75, 3.05) is 20.2 Å². The van der Waals surface area contributed by atoms with E-state index in [0.717, 1.165) is 60.6 Å². The van der Waals surface area contributed by atoms with Crippen molar-refractivity contribution in [2.24, 2.45) is 18.9 Å². The quantitative estimate of drug-likeness (QED) is 0.739. The predicted octanol–water partition coefficient (Wildman–Crippen LogP) is 3.10. The second kappa shape index (κ2) is 7.11. The molecular formula is C23H28N4O2. The molecule has 3 aromatic rings. The Morgan fingerprint density at radius 2 is 1.97 bits per heavy atom. The molecule has 0 spiro atoms. The fourth-order valence-corrected chi connectivity index (χ4v) is 5.38. The van der Waals surface area contributed by atoms with E-state index in [-0.39, 0.29) is 11.8 Å². The first kappa shape index (κ1) is 18.6. The molecule has 3 heterocycles. The summed E-state index contributed by atoms with van der Waals surface area (Å²) in [5, 5.41) is 12.8. The molecule has 2 bridgehead atoms. The van der Waals surface area contributed by atoms with Gasteiger partial charge < -0.3 is 14.4 Å². The van der Waals surface area contributed by atoms with Crippen LogP contribution in [0, 0.1) is 11.8 Å². The van der Waals surface area contributed by atoms with Gasteiger partial charge >= 0.3 is 0 Å². The fourth-order valence-electron chi connectivity index (χ4n) is 5.38. The molecule has 2 atom stereocenters. The van der Waals surface area contributed by atoms with Crippen molar-refractivity contribution >= 4 is 10.9 Å². The first-order valence-corrected chi connectivity index (χ1v) is 10.4. The van der Waals surface area contributed by atoms with Gasteiger partial charge in [-0.05, 0) is 37.1 Å². The average molecular weight is 393 g/mol. The molecule has 2 fully saturated rings. The Morgan fingerprint density at radius 3 is 2.66 bits per heavy atom. The number of likely N-dealkylation sites (tertiary alicyclic amines) is 1. The van der Waals surface area contributed by atoms with Crippen LogP contribution in [0.3, 0.4) is 0 Å². The molecule has 0 radical (unpaired) electrons. The van der Waals surface area contributed by atoms with Crippen LogP contribution in [0.1, 0.15) is 30.8 Å². The predicted molar refractivity (Wildman–Crippen MR) is 112 cm³/mol. The van der Waals surface area contributed by atoms with Gasteiger partial charge in [-0.2, -0.15) is 0 Å². The number of hydrogen-bond acceptors (Lipinski definition) is 5. The maximum Gasteiger partial charge on any atom is 0.141 e. The van der Waals surface area contributed by atoms with Gasteiger partial charge in [0.2, 0.25) is 0 Å². The van der Waals surface area contributed by atoms with Crippen molar-refractivity contribution in [3.63, 3.8) is 0 Å². The van der Waals surface area contributed by atoms with Gasteiger partial charge in [-0.1, -0.05) is 12.5 Å². The molecule has 0 unspecified atom stereocenters. The molecule has 2 aliphatic rings. The zero-order valence-corrected chi connectivity index (χ0v) is 17.1. The first-order valence-electron chi connectivity index (χ1n) is 10.4. The number of aryl methyl sites for hydroxylation is 1. The highest BCUT2D eigenvalue weighted by molar-refractivity contribution is 5.80. The molecule has 5 rings (SSSR count). The molecule has 1 aromatic carbocycles. The Labute approximate surface area is 171 Å². The number of methoxy groups -OCH3 is 1. The number of benzene rings is 1. The summed E-state index contributed by atoms with van der Waals surface area (Å²) in [4.78, 5) is 11.8. The van der Waals surface area contributed by atoms with Gasteiger partial charge in [-0.15, -0.1) is 0 Å². The summed E-state index contributed by atoms with van der Waals surface area (Å²) in [7, 11) is 3.67. The highest BCUT2D eigenvalue weighted by Crippen LogP contribution is 2.48. The van der Waals surface area contributed by atoms with E-state index in [1.165, 1.54) is 6.42 Å². The Kier molecular flexibility index (Phi) is 4.56. The molecule has 2 aromatic heterocycles. The first-order chi connectivity index (χ1) is 14.1. The maximum absolute atomic E-state index is 11.7. The number of pyridine rings is 1. The van der Waals surface area contributed by atoms with E-state index in [1.807, 2.05) is 36.0 Å². The van der Waals surface area contributed by atoms with Crippen LogP contribution >= 0.6 is 0 Å². The van der Waals surface area contributed by atoms with Gasteiger partial charge in [0.15, 0.2) is 0 Å². The fraction of sp³-hybridized carbons (Fsp3) is 0.478. The normalized spacial score (nSPS) is 27.3. The number of piperidine rings is 1. The molecule has 29 heavy (non-hydrogen) atoms. The zero-order chi connectivity index (χ0) is 20.0. The summed E-state index contributed by atoms with van der Waals surface area (Å²) >= 11 is 0. The molecule has 1 saturated carbocycles. The van der Waals surface area contributed by atoms with Crippen molar-refractivity contribution in [3.05, 3.63) is 54.2 Å². The third-order valence-corrected chi connectivity index (χ3v) is 6.83. The highest BCUT2D eigenvalue weighted by Gasteiger charge is 2.53. The molecule has 152 valence electrons. The number of nitrogens with zero attached hydrogens (tertiary/aromatic N) is 4. The van der Waals surface area contributed by atoms with Gasteiger partial charge in [0.25, 0.3) is 0 Å². The van der Waals surface area contributed by atoms with Crippen LogP contribution in [0.4, 0.5) is 0 Å². The van der Waals surface area contributed by atoms with Gasteiger partial charge in [0.05, 0.1) is 18.3 Å². The molecule has 1 aliphatic carbocycles. The van der Waals surface area contributed by atoms with E-state index < -0.39 is 5.60 Å². The van der Waals surface area contributed by atoms with E-state index >= 15 is 0 Å². The topological polar surface area (TPSA) is 63.4 Å². The van der Waals surface area contributed by atoms with Gasteiger partial charge in [0, 0.05) is 56.3 Å². The van der Waals surface area contributed by atoms with Gasteiger partial charge in [0.1, 0.15) is 17.2 Å². The van der Waals surface area contributed by atoms with Crippen molar-refractivity contribution in [2.45, 2.75) is 31.4 Å². The highest BCUT2D eigenvalue weighted by atomic mass is 16.5. The Bertz CT molecular complexity index is 1020. The second-order valence-electron chi connectivity index (χ2n) is 8.57.